The van der Waals surface area contributed by atoms with Gasteiger partial charge in [-0.2, -0.15) is 0 Å². The van der Waals surface area contributed by atoms with Crippen molar-refractivity contribution in [2.45, 2.75) is 51.4 Å². The predicted octanol–water partition coefficient (Wildman–Crippen LogP) is 1.73. The third-order valence-electron chi connectivity index (χ3n) is 4.96. The second kappa shape index (κ2) is 7.54. The molecule has 1 aromatic rings. The van der Waals surface area contributed by atoms with Gasteiger partial charge < -0.3 is 15.4 Å². The van der Waals surface area contributed by atoms with Crippen LogP contribution in [0.4, 0.5) is 5.69 Å². The lowest BCUT2D eigenvalue weighted by molar-refractivity contribution is -0.126. The molecule has 6 heteroatoms. The van der Waals surface area contributed by atoms with E-state index in [9.17, 15) is 9.59 Å². The number of rotatable bonds is 4. The van der Waals surface area contributed by atoms with Gasteiger partial charge in [0.05, 0.1) is 18.1 Å². The summed E-state index contributed by atoms with van der Waals surface area (Å²) in [5.41, 5.74) is 1.63. The molecule has 2 amide bonds. The largest absolute Gasteiger partial charge is 0.373 e. The summed E-state index contributed by atoms with van der Waals surface area (Å²) in [6.45, 7) is 8.58. The summed E-state index contributed by atoms with van der Waals surface area (Å²) in [4.78, 5) is 26.9. The van der Waals surface area contributed by atoms with Crippen LogP contribution in [0.2, 0.25) is 0 Å². The number of anilines is 1. The van der Waals surface area contributed by atoms with Crippen LogP contribution < -0.4 is 10.6 Å². The van der Waals surface area contributed by atoms with E-state index in [2.05, 4.69) is 36.3 Å². The van der Waals surface area contributed by atoms with Crippen LogP contribution in [0.1, 0.15) is 38.7 Å². The second-order valence-corrected chi connectivity index (χ2v) is 7.20. The van der Waals surface area contributed by atoms with Gasteiger partial charge in [-0.05, 0) is 32.4 Å². The Balaban J connectivity index is 1.60. The van der Waals surface area contributed by atoms with Crippen molar-refractivity contribution in [2.75, 3.05) is 25.0 Å². The van der Waals surface area contributed by atoms with Gasteiger partial charge in [0, 0.05) is 37.8 Å². The van der Waals surface area contributed by atoms with E-state index in [1.54, 1.807) is 0 Å². The highest BCUT2D eigenvalue weighted by molar-refractivity contribution is 6.01. The van der Waals surface area contributed by atoms with Gasteiger partial charge in [-0.3, -0.25) is 14.5 Å². The van der Waals surface area contributed by atoms with Crippen LogP contribution in [0.15, 0.2) is 24.3 Å². The smallest absolute Gasteiger partial charge is 0.228 e. The van der Waals surface area contributed by atoms with E-state index in [0.717, 1.165) is 24.3 Å². The van der Waals surface area contributed by atoms with Crippen LogP contribution in [0.5, 0.6) is 0 Å². The van der Waals surface area contributed by atoms with E-state index in [1.807, 2.05) is 24.3 Å². The van der Waals surface area contributed by atoms with Gasteiger partial charge in [-0.25, -0.2) is 0 Å². The highest BCUT2D eigenvalue weighted by Crippen LogP contribution is 2.32. The van der Waals surface area contributed by atoms with E-state index in [1.165, 1.54) is 0 Å². The molecular weight excluding hydrogens is 318 g/mol. The first kappa shape index (κ1) is 17.9. The quantitative estimate of drug-likeness (QED) is 0.872. The van der Waals surface area contributed by atoms with Crippen molar-refractivity contribution < 1.29 is 14.3 Å². The molecule has 0 radical (unpaired) electrons. The van der Waals surface area contributed by atoms with Gasteiger partial charge in [0.2, 0.25) is 11.8 Å². The van der Waals surface area contributed by atoms with Crippen molar-refractivity contribution in [3.05, 3.63) is 29.8 Å². The van der Waals surface area contributed by atoms with Gasteiger partial charge in [0.15, 0.2) is 0 Å². The Labute approximate surface area is 148 Å². The molecule has 6 nitrogen and oxygen atoms in total. The number of benzene rings is 1. The zero-order chi connectivity index (χ0) is 18.0. The van der Waals surface area contributed by atoms with E-state index in [4.69, 9.17) is 4.74 Å². The van der Waals surface area contributed by atoms with Crippen molar-refractivity contribution in [2.24, 2.45) is 0 Å². The molecule has 3 rings (SSSR count). The third-order valence-corrected chi connectivity index (χ3v) is 4.96. The Morgan fingerprint density at radius 2 is 2.00 bits per heavy atom. The molecule has 25 heavy (non-hydrogen) atoms. The first-order chi connectivity index (χ1) is 11.9. The molecule has 2 aliphatic rings. The number of amides is 2. The van der Waals surface area contributed by atoms with Crippen molar-refractivity contribution in [1.29, 1.82) is 0 Å². The molecule has 1 aromatic carbocycles. The fourth-order valence-corrected chi connectivity index (χ4v) is 3.72. The monoisotopic (exact) mass is 345 g/mol. The zero-order valence-corrected chi connectivity index (χ0v) is 15.1. The lowest BCUT2D eigenvalue weighted by Crippen LogP contribution is -2.52. The number of para-hydroxylation sites is 1. The van der Waals surface area contributed by atoms with E-state index in [0.29, 0.717) is 6.54 Å². The Kier molecular flexibility index (Phi) is 5.39. The first-order valence-corrected chi connectivity index (χ1v) is 9.00. The van der Waals surface area contributed by atoms with E-state index >= 15 is 0 Å². The zero-order valence-electron chi connectivity index (χ0n) is 15.1. The number of nitrogens with one attached hydrogen (secondary N) is 2. The molecule has 1 fully saturated rings. The fraction of sp³-hybridized carbons (Fsp3) is 0.579. The molecule has 0 aromatic heterocycles. The van der Waals surface area contributed by atoms with Gasteiger partial charge in [0.1, 0.15) is 0 Å². The number of fused-ring (bicyclic) bond motifs is 1. The van der Waals surface area contributed by atoms with Crippen molar-refractivity contribution in [1.82, 2.24) is 10.2 Å². The third kappa shape index (κ3) is 4.19. The van der Waals surface area contributed by atoms with Crippen LogP contribution >= 0.6 is 0 Å². The van der Waals surface area contributed by atoms with Crippen LogP contribution in [-0.4, -0.2) is 54.6 Å². The van der Waals surface area contributed by atoms with Crippen molar-refractivity contribution >= 4 is 17.5 Å². The van der Waals surface area contributed by atoms with E-state index < -0.39 is 5.92 Å². The average molecular weight is 345 g/mol. The van der Waals surface area contributed by atoms with Gasteiger partial charge in [-0.15, -0.1) is 0 Å². The van der Waals surface area contributed by atoms with Gasteiger partial charge in [0.25, 0.3) is 0 Å². The second-order valence-electron chi connectivity index (χ2n) is 7.20. The number of carbonyl (C=O) groups excluding carboxylic acids is 2. The SMILES string of the molecule is C[C@@H]1CN([C@H](C)CNC(=O)[C@@H]2CC(=O)Nc3ccccc32)C[C@H](C)O1. The molecule has 2 N–H and O–H groups in total. The van der Waals surface area contributed by atoms with Crippen LogP contribution in [-0.2, 0) is 14.3 Å². The summed E-state index contributed by atoms with van der Waals surface area (Å²) in [5, 5.41) is 5.87. The molecule has 2 heterocycles. The summed E-state index contributed by atoms with van der Waals surface area (Å²) >= 11 is 0. The normalized spacial score (nSPS) is 28.0. The Bertz CT molecular complexity index is 639. The Morgan fingerprint density at radius 1 is 1.32 bits per heavy atom. The maximum atomic E-state index is 12.7. The molecule has 0 aliphatic carbocycles. The van der Waals surface area contributed by atoms with Crippen LogP contribution in [0.25, 0.3) is 0 Å². The van der Waals surface area contributed by atoms with Gasteiger partial charge >= 0.3 is 0 Å². The number of ether oxygens (including phenoxy) is 1. The Hall–Kier alpha value is -1.92. The van der Waals surface area contributed by atoms with Crippen LogP contribution in [0, 0.1) is 0 Å². The highest BCUT2D eigenvalue weighted by Gasteiger charge is 2.31. The number of nitrogens with zero attached hydrogens (tertiary/aromatic N) is 1. The number of carbonyl (C=O) groups is 2. The van der Waals surface area contributed by atoms with Crippen LogP contribution in [0.3, 0.4) is 0 Å². The summed E-state index contributed by atoms with van der Waals surface area (Å²) in [6, 6.07) is 7.74. The summed E-state index contributed by atoms with van der Waals surface area (Å²) in [6.07, 6.45) is 0.606. The average Bonchev–Trinajstić information content (AvgIpc) is 2.57. The molecule has 1 saturated heterocycles. The molecule has 0 unspecified atom stereocenters. The fourth-order valence-electron chi connectivity index (χ4n) is 3.72. The minimum atomic E-state index is -0.417. The summed E-state index contributed by atoms with van der Waals surface area (Å²) < 4.78 is 5.76. The minimum absolute atomic E-state index is 0.0801. The summed E-state index contributed by atoms with van der Waals surface area (Å²) in [5.74, 6) is -0.606. The van der Waals surface area contributed by atoms with Crippen molar-refractivity contribution in [3.63, 3.8) is 0 Å². The summed E-state index contributed by atoms with van der Waals surface area (Å²) in [7, 11) is 0. The molecular formula is C19H27N3O3. The Morgan fingerprint density at radius 3 is 2.72 bits per heavy atom. The lowest BCUT2D eigenvalue weighted by atomic mass is 9.90. The van der Waals surface area contributed by atoms with E-state index in [-0.39, 0.29) is 36.5 Å². The maximum Gasteiger partial charge on any atom is 0.228 e. The maximum absolute atomic E-state index is 12.7. The number of morpholine rings is 1. The van der Waals surface area contributed by atoms with Crippen molar-refractivity contribution in [3.8, 4) is 0 Å². The topological polar surface area (TPSA) is 70.7 Å². The molecule has 4 atom stereocenters. The lowest BCUT2D eigenvalue weighted by Gasteiger charge is -2.39. The minimum Gasteiger partial charge on any atom is -0.373 e. The van der Waals surface area contributed by atoms with Gasteiger partial charge in [-0.1, -0.05) is 18.2 Å². The molecule has 0 spiro atoms. The highest BCUT2D eigenvalue weighted by atomic mass is 16.5. The first-order valence-electron chi connectivity index (χ1n) is 9.00. The molecule has 2 aliphatic heterocycles. The molecule has 0 saturated carbocycles. The number of hydrogen-bond donors (Lipinski definition) is 2. The molecule has 0 bridgehead atoms. The molecule has 136 valence electrons. The number of hydrogen-bond acceptors (Lipinski definition) is 4. The predicted molar refractivity (Wildman–Crippen MR) is 96.5 cm³/mol. The standard InChI is InChI=1S/C19H27N3O3/c1-12(22-10-13(2)25-14(3)11-22)9-20-19(24)16-8-18(23)21-17-7-5-4-6-15(16)17/h4-7,12-14,16H,8-11H2,1-3H3,(H,20,24)(H,21,23)/t12-,13-,14+,16-/m1/s1.